The molecule has 23 heavy (non-hydrogen) atoms. The second kappa shape index (κ2) is 8.68. The van der Waals surface area contributed by atoms with E-state index in [9.17, 15) is 4.79 Å². The molecule has 0 saturated heterocycles. The van der Waals surface area contributed by atoms with Crippen molar-refractivity contribution in [3.05, 3.63) is 54.6 Å². The molecule has 0 aromatic heterocycles. The summed E-state index contributed by atoms with van der Waals surface area (Å²) in [5, 5.41) is 2.78. The van der Waals surface area contributed by atoms with E-state index in [0.29, 0.717) is 24.7 Å². The molecule has 0 unspecified atom stereocenters. The lowest BCUT2D eigenvalue weighted by Gasteiger charge is -2.16. The summed E-state index contributed by atoms with van der Waals surface area (Å²) in [5.41, 5.74) is 0. The van der Waals surface area contributed by atoms with E-state index in [0.717, 1.165) is 5.75 Å². The van der Waals surface area contributed by atoms with Crippen LogP contribution in [0.2, 0.25) is 0 Å². The molecule has 5 heteroatoms. The van der Waals surface area contributed by atoms with Crippen molar-refractivity contribution in [2.24, 2.45) is 0 Å². The van der Waals surface area contributed by atoms with Crippen molar-refractivity contribution in [1.82, 2.24) is 5.32 Å². The van der Waals surface area contributed by atoms with Crippen molar-refractivity contribution in [2.45, 2.75) is 13.0 Å². The normalized spacial score (nSPS) is 11.4. The molecule has 0 saturated carbocycles. The lowest BCUT2D eigenvalue weighted by Crippen LogP contribution is -2.38. The zero-order chi connectivity index (χ0) is 16.5. The van der Waals surface area contributed by atoms with Crippen LogP contribution in [0.1, 0.15) is 6.92 Å². The Morgan fingerprint density at radius 2 is 1.70 bits per heavy atom. The van der Waals surface area contributed by atoms with Crippen LogP contribution in [-0.4, -0.2) is 32.3 Å². The average Bonchev–Trinajstić information content (AvgIpc) is 2.60. The first-order valence-corrected chi connectivity index (χ1v) is 7.46. The zero-order valence-electron chi connectivity index (χ0n) is 13.3. The Morgan fingerprint density at radius 1 is 1.04 bits per heavy atom. The van der Waals surface area contributed by atoms with Crippen LogP contribution >= 0.6 is 0 Å². The minimum atomic E-state index is -0.622. The van der Waals surface area contributed by atoms with E-state index in [2.05, 4.69) is 5.32 Å². The highest BCUT2D eigenvalue weighted by Crippen LogP contribution is 2.26. The number of nitrogens with one attached hydrogen (secondary N) is 1. The molecule has 0 aliphatic rings. The summed E-state index contributed by atoms with van der Waals surface area (Å²) in [5.74, 6) is 1.71. The smallest absolute Gasteiger partial charge is 0.260 e. The topological polar surface area (TPSA) is 56.8 Å². The molecular weight excluding hydrogens is 294 g/mol. The van der Waals surface area contributed by atoms with Crippen LogP contribution in [0, 0.1) is 0 Å². The van der Waals surface area contributed by atoms with E-state index in [-0.39, 0.29) is 5.91 Å². The van der Waals surface area contributed by atoms with Gasteiger partial charge >= 0.3 is 0 Å². The number of carbonyl (C=O) groups excluding carboxylic acids is 1. The second-order valence-electron chi connectivity index (χ2n) is 4.86. The van der Waals surface area contributed by atoms with Crippen molar-refractivity contribution >= 4 is 5.91 Å². The summed E-state index contributed by atoms with van der Waals surface area (Å²) in [7, 11) is 1.56. The monoisotopic (exact) mass is 315 g/mol. The Morgan fingerprint density at radius 3 is 2.39 bits per heavy atom. The summed E-state index contributed by atoms with van der Waals surface area (Å²) in [6.07, 6.45) is -0.622. The second-order valence-corrected chi connectivity index (χ2v) is 4.86. The molecule has 2 rings (SSSR count). The third-order valence-electron chi connectivity index (χ3n) is 3.16. The minimum Gasteiger partial charge on any atom is -0.493 e. The Balaban J connectivity index is 1.74. The Labute approximate surface area is 136 Å². The quantitative estimate of drug-likeness (QED) is 0.761. The van der Waals surface area contributed by atoms with Crippen molar-refractivity contribution in [3.8, 4) is 17.2 Å². The van der Waals surface area contributed by atoms with Crippen LogP contribution in [0.15, 0.2) is 54.6 Å². The predicted octanol–water partition coefficient (Wildman–Crippen LogP) is 2.66. The van der Waals surface area contributed by atoms with Crippen molar-refractivity contribution in [1.29, 1.82) is 0 Å². The molecule has 5 nitrogen and oxygen atoms in total. The molecule has 1 N–H and O–H groups in total. The molecule has 0 bridgehead atoms. The van der Waals surface area contributed by atoms with Crippen LogP contribution < -0.4 is 19.5 Å². The third-order valence-corrected chi connectivity index (χ3v) is 3.16. The molecule has 2 aromatic rings. The predicted molar refractivity (Wildman–Crippen MR) is 88.0 cm³/mol. The SMILES string of the molecule is COc1ccccc1O[C@H](C)C(=O)NCCOc1ccccc1. The third kappa shape index (κ3) is 5.21. The highest BCUT2D eigenvalue weighted by molar-refractivity contribution is 5.80. The maximum atomic E-state index is 12.0. The molecule has 0 aliphatic heterocycles. The van der Waals surface area contributed by atoms with E-state index in [1.807, 2.05) is 42.5 Å². The van der Waals surface area contributed by atoms with Gasteiger partial charge in [0.05, 0.1) is 13.7 Å². The van der Waals surface area contributed by atoms with Gasteiger partial charge in [-0.3, -0.25) is 4.79 Å². The summed E-state index contributed by atoms with van der Waals surface area (Å²) >= 11 is 0. The largest absolute Gasteiger partial charge is 0.493 e. The first-order chi connectivity index (χ1) is 11.2. The fourth-order valence-corrected chi connectivity index (χ4v) is 1.96. The fourth-order valence-electron chi connectivity index (χ4n) is 1.96. The van der Waals surface area contributed by atoms with Gasteiger partial charge in [0.2, 0.25) is 0 Å². The van der Waals surface area contributed by atoms with Crippen LogP contribution in [0.4, 0.5) is 0 Å². The average molecular weight is 315 g/mol. The van der Waals surface area contributed by atoms with Crippen molar-refractivity contribution in [2.75, 3.05) is 20.3 Å². The highest BCUT2D eigenvalue weighted by atomic mass is 16.5. The van der Waals surface area contributed by atoms with E-state index in [1.54, 1.807) is 26.2 Å². The Bertz CT molecular complexity index is 615. The van der Waals surface area contributed by atoms with Gasteiger partial charge in [-0.1, -0.05) is 30.3 Å². The zero-order valence-corrected chi connectivity index (χ0v) is 13.3. The maximum absolute atomic E-state index is 12.0. The van der Waals surface area contributed by atoms with Crippen LogP contribution in [0.25, 0.3) is 0 Å². The van der Waals surface area contributed by atoms with Crippen LogP contribution in [0.3, 0.4) is 0 Å². The summed E-state index contributed by atoms with van der Waals surface area (Å²) in [6, 6.07) is 16.7. The van der Waals surface area contributed by atoms with Crippen LogP contribution in [0.5, 0.6) is 17.2 Å². The number of para-hydroxylation sites is 3. The number of methoxy groups -OCH3 is 1. The van der Waals surface area contributed by atoms with Crippen LogP contribution in [-0.2, 0) is 4.79 Å². The van der Waals surface area contributed by atoms with Gasteiger partial charge in [-0.15, -0.1) is 0 Å². The summed E-state index contributed by atoms with van der Waals surface area (Å²) < 4.78 is 16.3. The number of carbonyl (C=O) groups is 1. The van der Waals surface area contributed by atoms with Gasteiger partial charge in [0.1, 0.15) is 12.4 Å². The van der Waals surface area contributed by atoms with Gasteiger partial charge in [0.15, 0.2) is 17.6 Å². The number of amides is 1. The molecule has 0 spiro atoms. The minimum absolute atomic E-state index is 0.201. The number of ether oxygens (including phenoxy) is 3. The number of hydrogen-bond acceptors (Lipinski definition) is 4. The molecule has 2 aromatic carbocycles. The van der Waals surface area contributed by atoms with Gasteiger partial charge in [0, 0.05) is 0 Å². The summed E-state index contributed by atoms with van der Waals surface area (Å²) in [4.78, 5) is 12.0. The van der Waals surface area contributed by atoms with Gasteiger partial charge in [-0.2, -0.15) is 0 Å². The molecule has 122 valence electrons. The summed E-state index contributed by atoms with van der Waals surface area (Å²) in [6.45, 7) is 2.50. The molecule has 0 radical (unpaired) electrons. The lowest BCUT2D eigenvalue weighted by atomic mass is 10.3. The van der Waals surface area contributed by atoms with Gasteiger partial charge < -0.3 is 19.5 Å². The van der Waals surface area contributed by atoms with E-state index in [1.165, 1.54) is 0 Å². The first-order valence-electron chi connectivity index (χ1n) is 7.46. The first kappa shape index (κ1) is 16.7. The van der Waals surface area contributed by atoms with Gasteiger partial charge in [0.25, 0.3) is 5.91 Å². The van der Waals surface area contributed by atoms with E-state index < -0.39 is 6.10 Å². The molecule has 1 amide bonds. The molecule has 1 atom stereocenters. The fraction of sp³-hybridized carbons (Fsp3) is 0.278. The van der Waals surface area contributed by atoms with Gasteiger partial charge in [-0.25, -0.2) is 0 Å². The Hall–Kier alpha value is -2.69. The molecule has 0 aliphatic carbocycles. The van der Waals surface area contributed by atoms with Crippen molar-refractivity contribution in [3.63, 3.8) is 0 Å². The highest BCUT2D eigenvalue weighted by Gasteiger charge is 2.16. The van der Waals surface area contributed by atoms with Crippen molar-refractivity contribution < 1.29 is 19.0 Å². The number of benzene rings is 2. The standard InChI is InChI=1S/C18H21NO4/c1-14(23-17-11-7-6-10-16(17)21-2)18(20)19-12-13-22-15-8-4-3-5-9-15/h3-11,14H,12-13H2,1-2H3,(H,19,20)/t14-/m1/s1. The van der Waals surface area contributed by atoms with Gasteiger partial charge in [-0.05, 0) is 31.2 Å². The molecule has 0 heterocycles. The molecular formula is C18H21NO4. The maximum Gasteiger partial charge on any atom is 0.260 e. The lowest BCUT2D eigenvalue weighted by molar-refractivity contribution is -0.127. The Kier molecular flexibility index (Phi) is 6.29. The number of hydrogen-bond donors (Lipinski definition) is 1. The van der Waals surface area contributed by atoms with E-state index >= 15 is 0 Å². The molecule has 0 fully saturated rings. The number of rotatable bonds is 8. The van der Waals surface area contributed by atoms with E-state index in [4.69, 9.17) is 14.2 Å².